The molecule has 4 rings (SSSR count). The van der Waals surface area contributed by atoms with Crippen molar-refractivity contribution in [3.63, 3.8) is 0 Å². The van der Waals surface area contributed by atoms with Crippen LogP contribution in [0.3, 0.4) is 0 Å². The SMILES string of the molecule is CN(C)S(=O)(=O)c1ccc(Nc2nn(C3(CC#N)CCN(C(=O)CCC(F)(F)F)CC3)c3cc[nH]c(=O)c23)cc1. The fourth-order valence-corrected chi connectivity index (χ4v) is 5.68. The Labute approximate surface area is 228 Å². The number of sulfonamides is 1. The fourth-order valence-electron chi connectivity index (χ4n) is 4.77. The fraction of sp³-hybridized carbons (Fsp3) is 0.440. The van der Waals surface area contributed by atoms with Crippen molar-refractivity contribution < 1.29 is 26.4 Å². The van der Waals surface area contributed by atoms with Gasteiger partial charge in [-0.3, -0.25) is 14.3 Å². The van der Waals surface area contributed by atoms with E-state index in [9.17, 15) is 36.4 Å². The average Bonchev–Trinajstić information content (AvgIpc) is 3.28. The number of likely N-dealkylation sites (tertiary alicyclic amines) is 1. The highest BCUT2D eigenvalue weighted by Gasteiger charge is 2.40. The van der Waals surface area contributed by atoms with Crippen molar-refractivity contribution in [2.24, 2.45) is 0 Å². The standard InChI is InChI=1S/C25H28F3N7O4S/c1-33(2)40(38,39)18-5-3-17(4-6-18)31-22-21-19(8-14-30-23(21)37)35(32-22)24(10-13-29)11-15-34(16-12-24)20(36)7-9-25(26,27)28/h3-6,8,14H,7,9-12,15-16H2,1-2H3,(H,30,37)(H,31,32). The van der Waals surface area contributed by atoms with Crippen LogP contribution in [-0.2, 0) is 20.4 Å². The van der Waals surface area contributed by atoms with Gasteiger partial charge in [0.15, 0.2) is 5.82 Å². The van der Waals surface area contributed by atoms with E-state index in [1.54, 1.807) is 10.7 Å². The van der Waals surface area contributed by atoms with E-state index in [4.69, 9.17) is 0 Å². The van der Waals surface area contributed by atoms with Crippen LogP contribution >= 0.6 is 0 Å². The zero-order valence-corrected chi connectivity index (χ0v) is 22.6. The number of nitrogens with zero attached hydrogens (tertiary/aromatic N) is 5. The molecular weight excluding hydrogens is 551 g/mol. The molecule has 2 N–H and O–H groups in total. The van der Waals surface area contributed by atoms with Crippen molar-refractivity contribution in [1.82, 2.24) is 24.0 Å². The van der Waals surface area contributed by atoms with Crippen LogP contribution in [0.4, 0.5) is 24.7 Å². The molecule has 3 aromatic rings. The number of rotatable bonds is 8. The van der Waals surface area contributed by atoms with Gasteiger partial charge in [-0.2, -0.15) is 23.5 Å². The van der Waals surface area contributed by atoms with E-state index < -0.39 is 46.0 Å². The van der Waals surface area contributed by atoms with E-state index in [1.807, 2.05) is 0 Å². The quantitative estimate of drug-likeness (QED) is 0.417. The van der Waals surface area contributed by atoms with Gasteiger partial charge in [0, 0.05) is 45.5 Å². The van der Waals surface area contributed by atoms with Crippen LogP contribution in [0.1, 0.15) is 32.1 Å². The second kappa shape index (κ2) is 10.9. The molecule has 1 saturated heterocycles. The molecule has 2 aromatic heterocycles. The number of nitriles is 1. The normalized spacial score (nSPS) is 15.8. The number of pyridine rings is 1. The summed E-state index contributed by atoms with van der Waals surface area (Å²) in [5.41, 5.74) is -0.451. The molecule has 0 aliphatic carbocycles. The largest absolute Gasteiger partial charge is 0.389 e. The summed E-state index contributed by atoms with van der Waals surface area (Å²) in [5.74, 6) is -0.423. The van der Waals surface area contributed by atoms with Gasteiger partial charge in [0.2, 0.25) is 15.9 Å². The molecule has 1 aliphatic heterocycles. The highest BCUT2D eigenvalue weighted by Crippen LogP contribution is 2.38. The topological polar surface area (TPSA) is 144 Å². The number of benzene rings is 1. The Kier molecular flexibility index (Phi) is 7.95. The minimum Gasteiger partial charge on any atom is -0.343 e. The van der Waals surface area contributed by atoms with Gasteiger partial charge in [-0.15, -0.1) is 0 Å². The van der Waals surface area contributed by atoms with Crippen molar-refractivity contribution in [2.75, 3.05) is 32.5 Å². The number of hydrogen-bond acceptors (Lipinski definition) is 7. The number of fused-ring (bicyclic) bond motifs is 1. The van der Waals surface area contributed by atoms with Crippen LogP contribution in [0.15, 0.2) is 46.2 Å². The summed E-state index contributed by atoms with van der Waals surface area (Å²) in [6.45, 7) is 0.265. The number of amides is 1. The first kappa shape index (κ1) is 29.1. The molecule has 0 unspecified atom stereocenters. The number of aromatic nitrogens is 3. The van der Waals surface area contributed by atoms with Gasteiger partial charge in [0.1, 0.15) is 5.39 Å². The predicted octanol–water partition coefficient (Wildman–Crippen LogP) is 3.29. The van der Waals surface area contributed by atoms with E-state index in [2.05, 4.69) is 21.5 Å². The molecule has 3 heterocycles. The van der Waals surface area contributed by atoms with Crippen molar-refractivity contribution in [3.8, 4) is 6.07 Å². The van der Waals surface area contributed by atoms with Gasteiger partial charge in [-0.1, -0.05) is 0 Å². The van der Waals surface area contributed by atoms with Gasteiger partial charge in [0.25, 0.3) is 5.56 Å². The summed E-state index contributed by atoms with van der Waals surface area (Å²) in [6, 6.07) is 9.71. The first-order valence-corrected chi connectivity index (χ1v) is 13.8. The summed E-state index contributed by atoms with van der Waals surface area (Å²) < 4.78 is 65.2. The summed E-state index contributed by atoms with van der Waals surface area (Å²) in [4.78, 5) is 29.3. The van der Waals surface area contributed by atoms with Crippen molar-refractivity contribution >= 4 is 38.3 Å². The highest BCUT2D eigenvalue weighted by molar-refractivity contribution is 7.89. The third-order valence-electron chi connectivity index (χ3n) is 7.03. The van der Waals surface area contributed by atoms with Gasteiger partial charge in [-0.25, -0.2) is 12.7 Å². The van der Waals surface area contributed by atoms with E-state index >= 15 is 0 Å². The number of H-pyrrole nitrogens is 1. The van der Waals surface area contributed by atoms with Crippen LogP contribution in [0.2, 0.25) is 0 Å². The second-order valence-electron chi connectivity index (χ2n) is 9.82. The van der Waals surface area contributed by atoms with E-state index in [0.717, 1.165) is 4.31 Å². The maximum absolute atomic E-state index is 12.9. The predicted molar refractivity (Wildman–Crippen MR) is 140 cm³/mol. The molecule has 0 saturated carbocycles. The highest BCUT2D eigenvalue weighted by atomic mass is 32.2. The average molecular weight is 580 g/mol. The Morgan fingerprint density at radius 1 is 1.20 bits per heavy atom. The van der Waals surface area contributed by atoms with Crippen LogP contribution in [0.5, 0.6) is 0 Å². The smallest absolute Gasteiger partial charge is 0.343 e. The lowest BCUT2D eigenvalue weighted by Crippen LogP contribution is -2.48. The van der Waals surface area contributed by atoms with E-state index in [1.165, 1.54) is 49.5 Å². The van der Waals surface area contributed by atoms with E-state index in [-0.39, 0.29) is 48.5 Å². The molecule has 40 heavy (non-hydrogen) atoms. The van der Waals surface area contributed by atoms with Gasteiger partial charge < -0.3 is 15.2 Å². The van der Waals surface area contributed by atoms with Gasteiger partial charge in [-0.05, 0) is 43.2 Å². The summed E-state index contributed by atoms with van der Waals surface area (Å²) >= 11 is 0. The Balaban J connectivity index is 1.65. The number of halogens is 3. The number of carbonyl (C=O) groups is 1. The molecular formula is C25H28F3N7O4S. The number of aromatic amines is 1. The monoisotopic (exact) mass is 579 g/mol. The van der Waals surface area contributed by atoms with Crippen LogP contribution in [-0.4, -0.2) is 71.7 Å². The molecule has 0 bridgehead atoms. The van der Waals surface area contributed by atoms with Gasteiger partial charge in [0.05, 0.1) is 34.9 Å². The summed E-state index contributed by atoms with van der Waals surface area (Å²) in [6.07, 6.45) is -4.33. The molecule has 1 aromatic carbocycles. The molecule has 11 nitrogen and oxygen atoms in total. The van der Waals surface area contributed by atoms with Crippen LogP contribution < -0.4 is 10.9 Å². The minimum atomic E-state index is -4.43. The summed E-state index contributed by atoms with van der Waals surface area (Å²) in [7, 11) is -0.792. The third-order valence-corrected chi connectivity index (χ3v) is 8.86. The first-order valence-electron chi connectivity index (χ1n) is 12.4. The Morgan fingerprint density at radius 2 is 1.85 bits per heavy atom. The lowest BCUT2D eigenvalue weighted by atomic mass is 9.84. The lowest BCUT2D eigenvalue weighted by Gasteiger charge is -2.41. The van der Waals surface area contributed by atoms with Crippen LogP contribution in [0, 0.1) is 11.3 Å². The minimum absolute atomic E-state index is 0.00229. The molecule has 0 radical (unpaired) electrons. The number of hydrogen-bond donors (Lipinski definition) is 2. The third kappa shape index (κ3) is 5.82. The molecule has 15 heteroatoms. The van der Waals surface area contributed by atoms with E-state index in [0.29, 0.717) is 11.2 Å². The van der Waals surface area contributed by atoms with Crippen molar-refractivity contribution in [3.05, 3.63) is 46.9 Å². The zero-order valence-electron chi connectivity index (χ0n) is 21.8. The Bertz CT molecular complexity index is 1600. The molecule has 1 fully saturated rings. The second-order valence-corrected chi connectivity index (χ2v) is 12.0. The number of nitrogens with one attached hydrogen (secondary N) is 2. The number of anilines is 2. The maximum Gasteiger partial charge on any atom is 0.389 e. The van der Waals surface area contributed by atoms with Gasteiger partial charge >= 0.3 is 6.18 Å². The number of piperidine rings is 1. The lowest BCUT2D eigenvalue weighted by molar-refractivity contribution is -0.150. The Morgan fingerprint density at radius 3 is 2.42 bits per heavy atom. The Hall–Kier alpha value is -3.90. The first-order chi connectivity index (χ1) is 18.8. The summed E-state index contributed by atoms with van der Waals surface area (Å²) in [5, 5.41) is 17.6. The molecule has 1 aliphatic rings. The maximum atomic E-state index is 12.9. The molecule has 0 atom stereocenters. The van der Waals surface area contributed by atoms with Crippen LogP contribution in [0.25, 0.3) is 10.9 Å². The zero-order chi connectivity index (χ0) is 29.3. The number of alkyl halides is 3. The molecule has 1 amide bonds. The molecule has 214 valence electrons. The van der Waals surface area contributed by atoms with Crippen molar-refractivity contribution in [1.29, 1.82) is 5.26 Å². The van der Waals surface area contributed by atoms with Crippen molar-refractivity contribution in [2.45, 2.75) is 48.7 Å². The number of carbonyl (C=O) groups excluding carboxylic acids is 1. The molecule has 0 spiro atoms.